The van der Waals surface area contributed by atoms with E-state index in [9.17, 15) is 0 Å². The zero-order valence-corrected chi connectivity index (χ0v) is 11.5. The average molecular weight is 293 g/mol. The predicted molar refractivity (Wildman–Crippen MR) is 77.0 cm³/mol. The number of amidine groups is 1. The molecule has 2 aromatic rings. The van der Waals surface area contributed by atoms with Crippen molar-refractivity contribution in [3.8, 4) is 17.2 Å². The minimum Gasteiger partial charge on any atom is -0.497 e. The van der Waals surface area contributed by atoms with Gasteiger partial charge in [-0.05, 0) is 36.4 Å². The maximum Gasteiger partial charge on any atom is 0.175 e. The van der Waals surface area contributed by atoms with E-state index in [0.29, 0.717) is 22.1 Å². The van der Waals surface area contributed by atoms with Gasteiger partial charge in [-0.2, -0.15) is 0 Å². The summed E-state index contributed by atoms with van der Waals surface area (Å²) >= 11 is 6.04. The first-order valence-corrected chi connectivity index (χ1v) is 6.12. The summed E-state index contributed by atoms with van der Waals surface area (Å²) in [5.74, 6) is 1.59. The third-order valence-corrected chi connectivity index (χ3v) is 2.94. The van der Waals surface area contributed by atoms with E-state index in [1.807, 2.05) is 0 Å². The Hall–Kier alpha value is -2.40. The van der Waals surface area contributed by atoms with Crippen LogP contribution in [0.1, 0.15) is 5.56 Å². The number of halogens is 1. The van der Waals surface area contributed by atoms with Gasteiger partial charge in [-0.25, -0.2) is 0 Å². The molecule has 0 aromatic heterocycles. The molecule has 0 bridgehead atoms. The van der Waals surface area contributed by atoms with Crippen molar-refractivity contribution in [2.24, 2.45) is 10.9 Å². The minimum absolute atomic E-state index is 0.112. The van der Waals surface area contributed by atoms with Crippen molar-refractivity contribution >= 4 is 17.4 Å². The molecule has 0 fully saturated rings. The van der Waals surface area contributed by atoms with Gasteiger partial charge in [0.1, 0.15) is 17.2 Å². The highest BCUT2D eigenvalue weighted by Gasteiger charge is 2.13. The zero-order chi connectivity index (χ0) is 14.5. The number of rotatable bonds is 4. The van der Waals surface area contributed by atoms with Gasteiger partial charge in [0.15, 0.2) is 5.84 Å². The van der Waals surface area contributed by atoms with Gasteiger partial charge in [0, 0.05) is 0 Å². The molecule has 2 rings (SSSR count). The van der Waals surface area contributed by atoms with E-state index in [-0.39, 0.29) is 5.84 Å². The number of oxime groups is 1. The summed E-state index contributed by atoms with van der Waals surface area (Å²) in [4.78, 5) is 0. The molecule has 0 amide bonds. The Morgan fingerprint density at radius 2 is 1.80 bits per heavy atom. The topological polar surface area (TPSA) is 77.1 Å². The molecule has 0 saturated carbocycles. The monoisotopic (exact) mass is 292 g/mol. The second-order valence-corrected chi connectivity index (χ2v) is 4.28. The molecular formula is C14H13ClN2O3. The molecule has 0 spiro atoms. The van der Waals surface area contributed by atoms with E-state index in [1.165, 1.54) is 0 Å². The third kappa shape index (κ3) is 2.95. The standard InChI is InChI=1S/C14H13ClN2O3/c1-19-9-5-7-10(8-6-9)20-12-4-2-3-11(15)13(12)14(16)17-18/h2-8,18H,1H3,(H2,16,17). The number of hydrogen-bond donors (Lipinski definition) is 2. The van der Waals surface area contributed by atoms with Crippen molar-refractivity contribution < 1.29 is 14.7 Å². The highest BCUT2D eigenvalue weighted by atomic mass is 35.5. The number of nitrogens with zero attached hydrogens (tertiary/aromatic N) is 1. The summed E-state index contributed by atoms with van der Waals surface area (Å²) in [6.07, 6.45) is 0. The molecule has 0 radical (unpaired) electrons. The molecule has 0 atom stereocenters. The van der Waals surface area contributed by atoms with Crippen molar-refractivity contribution in [1.82, 2.24) is 0 Å². The summed E-state index contributed by atoms with van der Waals surface area (Å²) in [5.41, 5.74) is 5.95. The van der Waals surface area contributed by atoms with Gasteiger partial charge < -0.3 is 20.4 Å². The Morgan fingerprint density at radius 3 is 2.40 bits per heavy atom. The fourth-order valence-electron chi connectivity index (χ4n) is 1.66. The molecule has 0 unspecified atom stereocenters. The highest BCUT2D eigenvalue weighted by molar-refractivity contribution is 6.34. The maximum atomic E-state index is 8.80. The van der Waals surface area contributed by atoms with Crippen LogP contribution in [0, 0.1) is 0 Å². The second kappa shape index (κ2) is 6.16. The predicted octanol–water partition coefficient (Wildman–Crippen LogP) is 3.24. The van der Waals surface area contributed by atoms with Crippen LogP contribution in [0.5, 0.6) is 17.2 Å². The average Bonchev–Trinajstić information content (AvgIpc) is 2.47. The lowest BCUT2D eigenvalue weighted by atomic mass is 10.2. The van der Waals surface area contributed by atoms with E-state index in [2.05, 4.69) is 5.16 Å². The van der Waals surface area contributed by atoms with Gasteiger partial charge >= 0.3 is 0 Å². The minimum atomic E-state index is -0.112. The number of methoxy groups -OCH3 is 1. The molecular weight excluding hydrogens is 280 g/mol. The van der Waals surface area contributed by atoms with Gasteiger partial charge in [0.05, 0.1) is 17.7 Å². The molecule has 5 nitrogen and oxygen atoms in total. The first-order valence-electron chi connectivity index (χ1n) is 5.74. The Morgan fingerprint density at radius 1 is 1.15 bits per heavy atom. The fraction of sp³-hybridized carbons (Fsp3) is 0.0714. The normalized spacial score (nSPS) is 11.2. The van der Waals surface area contributed by atoms with Crippen LogP contribution in [-0.4, -0.2) is 18.2 Å². The van der Waals surface area contributed by atoms with E-state index >= 15 is 0 Å². The molecule has 20 heavy (non-hydrogen) atoms. The Balaban J connectivity index is 2.35. The molecule has 104 valence electrons. The second-order valence-electron chi connectivity index (χ2n) is 3.88. The number of hydrogen-bond acceptors (Lipinski definition) is 4. The lowest BCUT2D eigenvalue weighted by Crippen LogP contribution is -2.14. The molecule has 2 aromatic carbocycles. The number of nitrogens with two attached hydrogens (primary N) is 1. The summed E-state index contributed by atoms with van der Waals surface area (Å²) in [6.45, 7) is 0. The van der Waals surface area contributed by atoms with Gasteiger partial charge in [0.2, 0.25) is 0 Å². The van der Waals surface area contributed by atoms with E-state index < -0.39 is 0 Å². The SMILES string of the molecule is COc1ccc(Oc2cccc(Cl)c2C(N)=NO)cc1. The molecule has 0 heterocycles. The zero-order valence-electron chi connectivity index (χ0n) is 10.7. The van der Waals surface area contributed by atoms with Crippen molar-refractivity contribution in [2.75, 3.05) is 7.11 Å². The van der Waals surface area contributed by atoms with Crippen molar-refractivity contribution in [3.63, 3.8) is 0 Å². The highest BCUT2D eigenvalue weighted by Crippen LogP contribution is 2.31. The van der Waals surface area contributed by atoms with Crippen LogP contribution in [0.15, 0.2) is 47.6 Å². The molecule has 0 aliphatic heterocycles. The Kier molecular flexibility index (Phi) is 4.32. The first-order chi connectivity index (χ1) is 9.65. The maximum absolute atomic E-state index is 8.80. The number of ether oxygens (including phenoxy) is 2. The van der Waals surface area contributed by atoms with Crippen LogP contribution in [0.3, 0.4) is 0 Å². The van der Waals surface area contributed by atoms with Crippen LogP contribution >= 0.6 is 11.6 Å². The molecule has 0 saturated heterocycles. The summed E-state index contributed by atoms with van der Waals surface area (Å²) in [6, 6.07) is 12.1. The van der Waals surface area contributed by atoms with Gasteiger partial charge in [-0.15, -0.1) is 0 Å². The van der Waals surface area contributed by atoms with E-state index in [1.54, 1.807) is 49.6 Å². The van der Waals surface area contributed by atoms with Crippen LogP contribution in [0.25, 0.3) is 0 Å². The fourth-order valence-corrected chi connectivity index (χ4v) is 1.92. The van der Waals surface area contributed by atoms with Crippen LogP contribution in [0.4, 0.5) is 0 Å². The lowest BCUT2D eigenvalue weighted by Gasteiger charge is -2.11. The van der Waals surface area contributed by atoms with Crippen LogP contribution in [0.2, 0.25) is 5.02 Å². The van der Waals surface area contributed by atoms with E-state index in [0.717, 1.165) is 5.75 Å². The summed E-state index contributed by atoms with van der Waals surface area (Å²) in [5, 5.41) is 12.1. The van der Waals surface area contributed by atoms with Gasteiger partial charge in [0.25, 0.3) is 0 Å². The largest absolute Gasteiger partial charge is 0.497 e. The quantitative estimate of drug-likeness (QED) is 0.392. The molecule has 3 N–H and O–H groups in total. The van der Waals surface area contributed by atoms with Crippen molar-refractivity contribution in [1.29, 1.82) is 0 Å². The van der Waals surface area contributed by atoms with Gasteiger partial charge in [-0.3, -0.25) is 0 Å². The lowest BCUT2D eigenvalue weighted by molar-refractivity contribution is 0.318. The van der Waals surface area contributed by atoms with Crippen LogP contribution in [-0.2, 0) is 0 Å². The van der Waals surface area contributed by atoms with Crippen molar-refractivity contribution in [2.45, 2.75) is 0 Å². The Labute approximate surface area is 121 Å². The van der Waals surface area contributed by atoms with Gasteiger partial charge in [-0.1, -0.05) is 22.8 Å². The molecule has 6 heteroatoms. The summed E-state index contributed by atoms with van der Waals surface area (Å²) in [7, 11) is 1.59. The van der Waals surface area contributed by atoms with Crippen LogP contribution < -0.4 is 15.2 Å². The molecule has 0 aliphatic rings. The smallest absolute Gasteiger partial charge is 0.175 e. The summed E-state index contributed by atoms with van der Waals surface area (Å²) < 4.78 is 10.8. The first kappa shape index (κ1) is 14.0. The number of benzene rings is 2. The Bertz CT molecular complexity index is 627. The van der Waals surface area contributed by atoms with E-state index in [4.69, 9.17) is 32.0 Å². The third-order valence-electron chi connectivity index (χ3n) is 2.63. The molecule has 0 aliphatic carbocycles. The van der Waals surface area contributed by atoms with Crippen molar-refractivity contribution in [3.05, 3.63) is 53.1 Å².